The van der Waals surface area contributed by atoms with Crippen molar-refractivity contribution in [3.63, 3.8) is 0 Å². The van der Waals surface area contributed by atoms with Gasteiger partial charge < -0.3 is 25.0 Å². The number of furan rings is 1. The molecule has 0 radical (unpaired) electrons. The summed E-state index contributed by atoms with van der Waals surface area (Å²) in [6.45, 7) is 2.37. The molecule has 0 saturated carbocycles. The number of fused-ring (bicyclic) bond motifs is 1. The number of nitrogens with one attached hydrogen (secondary N) is 1. The fourth-order valence-corrected chi connectivity index (χ4v) is 3.70. The lowest BCUT2D eigenvalue weighted by Gasteiger charge is -2.30. The van der Waals surface area contributed by atoms with Crippen molar-refractivity contribution >= 4 is 34.1 Å². The molecule has 1 aliphatic heterocycles. The minimum atomic E-state index is -5.27. The topological polar surface area (TPSA) is 99.4 Å². The number of carbonyl (C=O) groups excluding carboxylic acids is 1. The van der Waals surface area contributed by atoms with Crippen molar-refractivity contribution in [2.75, 3.05) is 31.1 Å². The number of hydrogen-bond acceptors (Lipinski definition) is 6. The van der Waals surface area contributed by atoms with Gasteiger partial charge >= 0.3 is 17.6 Å². The number of alkyl halides is 3. The van der Waals surface area contributed by atoms with E-state index in [0.29, 0.717) is 31.9 Å². The summed E-state index contributed by atoms with van der Waals surface area (Å²) in [6.07, 6.45) is -4.20. The zero-order valence-corrected chi connectivity index (χ0v) is 16.0. The van der Waals surface area contributed by atoms with Crippen molar-refractivity contribution in [2.24, 2.45) is 0 Å². The first-order valence-corrected chi connectivity index (χ1v) is 9.21. The summed E-state index contributed by atoms with van der Waals surface area (Å²) in [4.78, 5) is 14.5. The minimum absolute atomic E-state index is 0.0206. The van der Waals surface area contributed by atoms with E-state index >= 15 is 0 Å². The van der Waals surface area contributed by atoms with Gasteiger partial charge in [0, 0.05) is 38.3 Å². The van der Waals surface area contributed by atoms with Gasteiger partial charge in [-0.3, -0.25) is 4.79 Å². The number of carbonyl (C=O) groups is 1. The normalized spacial score (nSPS) is 15.0. The summed E-state index contributed by atoms with van der Waals surface area (Å²) < 4.78 is 45.2. The Morgan fingerprint density at radius 3 is 2.43 bits per heavy atom. The van der Waals surface area contributed by atoms with Crippen LogP contribution in [0.4, 0.5) is 18.9 Å². The summed E-state index contributed by atoms with van der Waals surface area (Å²) in [7, 11) is 0. The maximum absolute atomic E-state index is 13.7. The average molecular weight is 443 g/mol. The van der Waals surface area contributed by atoms with E-state index in [1.54, 1.807) is 0 Å². The maximum Gasteiger partial charge on any atom is 0.486 e. The number of ketones is 1. The Labute approximate surface area is 172 Å². The molecule has 0 unspecified atom stereocenters. The molecule has 1 N–H and O–H groups in total. The van der Waals surface area contributed by atoms with Gasteiger partial charge in [0.15, 0.2) is 5.76 Å². The average Bonchev–Trinajstić information content (AvgIpc) is 3.24. The van der Waals surface area contributed by atoms with Gasteiger partial charge in [0.2, 0.25) is 0 Å². The summed E-state index contributed by atoms with van der Waals surface area (Å²) in [5.41, 5.74) is -3.93. The van der Waals surface area contributed by atoms with E-state index in [2.05, 4.69) is 5.32 Å². The number of nitrogens with zero attached hydrogens (tertiary/aromatic N) is 3. The van der Waals surface area contributed by atoms with Gasteiger partial charge in [-0.25, -0.2) is 0 Å². The van der Waals surface area contributed by atoms with Crippen LogP contribution in [0.5, 0.6) is 0 Å². The fourth-order valence-electron chi connectivity index (χ4n) is 3.42. The van der Waals surface area contributed by atoms with Crippen LogP contribution in [0.3, 0.4) is 0 Å². The van der Waals surface area contributed by atoms with Crippen molar-refractivity contribution in [2.45, 2.75) is 6.18 Å². The lowest BCUT2D eigenvalue weighted by Crippen LogP contribution is -2.50. The lowest BCUT2D eigenvalue weighted by atomic mass is 10.1. The van der Waals surface area contributed by atoms with Gasteiger partial charge in [-0.15, -0.1) is 9.46 Å². The first kappa shape index (κ1) is 20.2. The van der Waals surface area contributed by atoms with Gasteiger partial charge in [0.1, 0.15) is 0 Å². The quantitative estimate of drug-likeness (QED) is 0.378. The number of rotatable bonds is 3. The van der Waals surface area contributed by atoms with Crippen LogP contribution in [0.1, 0.15) is 21.9 Å². The van der Waals surface area contributed by atoms with Crippen LogP contribution >= 0.6 is 11.6 Å². The summed E-state index contributed by atoms with van der Waals surface area (Å²) in [5.74, 6) is -1.85. The summed E-state index contributed by atoms with van der Waals surface area (Å²) in [6, 6.07) is 4.62. The lowest BCUT2D eigenvalue weighted by molar-refractivity contribution is -0.647. The largest absolute Gasteiger partial charge is 0.618 e. The number of aromatic nitrogens is 2. The Balaban J connectivity index is 2.02. The molecule has 1 aliphatic rings. The van der Waals surface area contributed by atoms with Crippen molar-refractivity contribution in [1.82, 2.24) is 5.32 Å². The Kier molecular flexibility index (Phi) is 4.94. The molecule has 1 fully saturated rings. The maximum atomic E-state index is 13.7. The Bertz CT molecular complexity index is 1130. The van der Waals surface area contributed by atoms with Gasteiger partial charge in [-0.2, -0.15) is 13.2 Å². The van der Waals surface area contributed by atoms with Gasteiger partial charge in [0.05, 0.1) is 17.0 Å². The van der Waals surface area contributed by atoms with E-state index in [4.69, 9.17) is 16.0 Å². The second-order valence-electron chi connectivity index (χ2n) is 6.62. The van der Waals surface area contributed by atoms with Crippen LogP contribution in [0.2, 0.25) is 5.02 Å². The van der Waals surface area contributed by atoms with Crippen molar-refractivity contribution in [3.05, 3.63) is 63.1 Å². The Hall–Kier alpha value is -3.05. The van der Waals surface area contributed by atoms with E-state index in [1.807, 2.05) is 4.90 Å². The first-order valence-electron chi connectivity index (χ1n) is 8.83. The van der Waals surface area contributed by atoms with E-state index in [-0.39, 0.29) is 9.75 Å². The number of hydrogen-bond donors (Lipinski definition) is 1. The molecule has 0 bridgehead atoms. The molecule has 0 amide bonds. The highest BCUT2D eigenvalue weighted by Crippen LogP contribution is 2.33. The number of benzene rings is 1. The third kappa shape index (κ3) is 3.29. The Morgan fingerprint density at radius 2 is 1.83 bits per heavy atom. The van der Waals surface area contributed by atoms with Crippen molar-refractivity contribution in [3.8, 4) is 0 Å². The predicted molar refractivity (Wildman–Crippen MR) is 99.1 cm³/mol. The molecule has 8 nitrogen and oxygen atoms in total. The van der Waals surface area contributed by atoms with Crippen LogP contribution in [0.15, 0.2) is 34.9 Å². The molecular weight excluding hydrogens is 429 g/mol. The Morgan fingerprint density at radius 1 is 1.17 bits per heavy atom. The van der Waals surface area contributed by atoms with Crippen LogP contribution in [0.25, 0.3) is 11.0 Å². The molecule has 0 atom stereocenters. The highest BCUT2D eigenvalue weighted by Gasteiger charge is 2.52. The smallest absolute Gasteiger partial charge is 0.486 e. The summed E-state index contributed by atoms with van der Waals surface area (Å²) >= 11 is 6.22. The minimum Gasteiger partial charge on any atom is -0.618 e. The monoisotopic (exact) mass is 442 g/mol. The molecule has 3 heterocycles. The van der Waals surface area contributed by atoms with Crippen LogP contribution in [-0.2, 0) is 6.18 Å². The van der Waals surface area contributed by atoms with E-state index in [0.717, 1.165) is 18.4 Å². The van der Waals surface area contributed by atoms with Gasteiger partial charge in [0.25, 0.3) is 16.8 Å². The molecule has 0 spiro atoms. The molecule has 2 aromatic heterocycles. The molecule has 158 valence electrons. The number of anilines is 1. The van der Waals surface area contributed by atoms with Crippen molar-refractivity contribution < 1.29 is 31.8 Å². The highest BCUT2D eigenvalue weighted by molar-refractivity contribution is 6.34. The van der Waals surface area contributed by atoms with Crippen LogP contribution in [-0.4, -0.2) is 32.0 Å². The molecule has 4 rings (SSSR count). The molecule has 30 heavy (non-hydrogen) atoms. The van der Waals surface area contributed by atoms with Crippen molar-refractivity contribution in [1.29, 1.82) is 0 Å². The zero-order chi connectivity index (χ0) is 21.6. The van der Waals surface area contributed by atoms with E-state index in [1.165, 1.54) is 12.1 Å². The van der Waals surface area contributed by atoms with E-state index in [9.17, 15) is 28.4 Å². The van der Waals surface area contributed by atoms with E-state index < -0.39 is 44.9 Å². The van der Waals surface area contributed by atoms with Crippen LogP contribution < -0.4 is 19.7 Å². The zero-order valence-electron chi connectivity index (χ0n) is 15.2. The van der Waals surface area contributed by atoms with Crippen LogP contribution in [0, 0.1) is 10.4 Å². The first-order chi connectivity index (χ1) is 14.2. The molecular formula is C18H14ClF3N4O4. The molecule has 1 saturated heterocycles. The molecule has 1 aromatic carbocycles. The fraction of sp³-hybridized carbons (Fsp3) is 0.278. The standard InChI is InChI=1S/C18H14ClF3N4O4/c19-10-8-12-13(9-11(10)24-5-3-23-4-6-24)25(28)15(16(27)14-2-1-7-30-14)17(26(12)29)18(20,21)22/h1-2,7-9,23H,3-6H2. The molecule has 12 heteroatoms. The molecule has 0 aliphatic carbocycles. The third-order valence-electron chi connectivity index (χ3n) is 4.80. The molecule has 3 aromatic rings. The third-order valence-corrected chi connectivity index (χ3v) is 5.10. The number of piperazine rings is 1. The predicted octanol–water partition coefficient (Wildman–Crippen LogP) is 2.01. The van der Waals surface area contributed by atoms with Gasteiger partial charge in [-0.1, -0.05) is 11.6 Å². The highest BCUT2D eigenvalue weighted by atomic mass is 35.5. The SMILES string of the molecule is O=C(c1ccco1)c1c(C(F)(F)F)[n+]([O-])c2cc(Cl)c(N3CCNCC3)cc2[n+]1[O-]. The second kappa shape index (κ2) is 7.33. The summed E-state index contributed by atoms with van der Waals surface area (Å²) in [5, 5.41) is 28.8. The number of halogens is 4. The van der Waals surface area contributed by atoms with Gasteiger partial charge in [-0.05, 0) is 12.1 Å². The second-order valence-corrected chi connectivity index (χ2v) is 7.03.